The molecule has 1 unspecified atom stereocenters. The number of rotatable bonds is 3. The predicted octanol–water partition coefficient (Wildman–Crippen LogP) is 0.864. The number of aromatic nitrogens is 3. The topological polar surface area (TPSA) is 71.2 Å². The first-order valence-corrected chi connectivity index (χ1v) is 6.69. The van der Waals surface area contributed by atoms with Gasteiger partial charge in [-0.2, -0.15) is 0 Å². The van der Waals surface area contributed by atoms with E-state index >= 15 is 0 Å². The van der Waals surface area contributed by atoms with Crippen molar-refractivity contribution in [3.8, 4) is 5.69 Å². The summed E-state index contributed by atoms with van der Waals surface area (Å²) < 4.78 is 1.58. The van der Waals surface area contributed by atoms with E-state index in [1.807, 2.05) is 30.3 Å². The Morgan fingerprint density at radius 3 is 2.90 bits per heavy atom. The van der Waals surface area contributed by atoms with Crippen molar-refractivity contribution in [2.75, 3.05) is 13.2 Å². The second-order valence-corrected chi connectivity index (χ2v) is 4.86. The molecule has 1 aliphatic heterocycles. The summed E-state index contributed by atoms with van der Waals surface area (Å²) in [5.74, 6) is -0.163. The van der Waals surface area contributed by atoms with Crippen LogP contribution in [0, 0.1) is 0 Å². The Bertz CT molecular complexity index is 596. The van der Waals surface area contributed by atoms with Crippen LogP contribution in [0.1, 0.15) is 23.3 Å². The van der Waals surface area contributed by atoms with Crippen molar-refractivity contribution in [1.82, 2.24) is 19.9 Å². The van der Waals surface area contributed by atoms with E-state index in [0.717, 1.165) is 18.5 Å². The molecular weight excluding hydrogens is 256 g/mol. The van der Waals surface area contributed by atoms with Crippen LogP contribution in [0.4, 0.5) is 0 Å². The lowest BCUT2D eigenvalue weighted by Crippen LogP contribution is -2.37. The number of likely N-dealkylation sites (tertiary alicyclic amines) is 1. The number of aliphatic hydroxyl groups is 1. The molecule has 1 fully saturated rings. The molecule has 1 atom stereocenters. The van der Waals surface area contributed by atoms with Gasteiger partial charge in [0.2, 0.25) is 0 Å². The summed E-state index contributed by atoms with van der Waals surface area (Å²) in [6, 6.07) is 9.43. The SMILES string of the molecule is O=C(c1cn(-c2ccccc2)nn1)N1CCCC1CO. The Hall–Kier alpha value is -2.21. The maximum absolute atomic E-state index is 12.4. The minimum atomic E-state index is -0.163. The Morgan fingerprint density at radius 2 is 2.15 bits per heavy atom. The molecule has 1 saturated heterocycles. The van der Waals surface area contributed by atoms with Crippen LogP contribution in [-0.2, 0) is 0 Å². The van der Waals surface area contributed by atoms with Crippen LogP contribution in [-0.4, -0.2) is 50.1 Å². The molecule has 1 N–H and O–H groups in total. The van der Waals surface area contributed by atoms with E-state index in [1.165, 1.54) is 0 Å². The molecule has 0 bridgehead atoms. The zero-order valence-electron chi connectivity index (χ0n) is 11.0. The molecule has 1 aromatic carbocycles. The summed E-state index contributed by atoms with van der Waals surface area (Å²) in [6.07, 6.45) is 3.39. The van der Waals surface area contributed by atoms with Crippen molar-refractivity contribution < 1.29 is 9.90 Å². The highest BCUT2D eigenvalue weighted by Gasteiger charge is 2.30. The van der Waals surface area contributed by atoms with Gasteiger partial charge in [-0.1, -0.05) is 23.4 Å². The van der Waals surface area contributed by atoms with Crippen LogP contribution in [0.15, 0.2) is 36.5 Å². The summed E-state index contributed by atoms with van der Waals surface area (Å²) in [6.45, 7) is 0.667. The number of carbonyl (C=O) groups is 1. The van der Waals surface area contributed by atoms with E-state index in [-0.39, 0.29) is 18.6 Å². The third kappa shape index (κ3) is 2.30. The molecule has 104 valence electrons. The number of aliphatic hydroxyl groups excluding tert-OH is 1. The molecule has 20 heavy (non-hydrogen) atoms. The molecule has 0 saturated carbocycles. The van der Waals surface area contributed by atoms with Gasteiger partial charge in [0.05, 0.1) is 24.5 Å². The molecule has 2 aromatic rings. The molecule has 0 aliphatic carbocycles. The van der Waals surface area contributed by atoms with Gasteiger partial charge < -0.3 is 10.0 Å². The molecule has 6 nitrogen and oxygen atoms in total. The van der Waals surface area contributed by atoms with Crippen LogP contribution in [0.5, 0.6) is 0 Å². The Balaban J connectivity index is 1.82. The first-order valence-electron chi connectivity index (χ1n) is 6.69. The fourth-order valence-electron chi connectivity index (χ4n) is 2.51. The van der Waals surface area contributed by atoms with Crippen molar-refractivity contribution in [3.63, 3.8) is 0 Å². The third-order valence-electron chi connectivity index (χ3n) is 3.58. The highest BCUT2D eigenvalue weighted by Crippen LogP contribution is 2.19. The van der Waals surface area contributed by atoms with Gasteiger partial charge in [-0.3, -0.25) is 4.79 Å². The van der Waals surface area contributed by atoms with Gasteiger partial charge >= 0.3 is 0 Å². The number of carbonyl (C=O) groups excluding carboxylic acids is 1. The van der Waals surface area contributed by atoms with Crippen molar-refractivity contribution in [2.45, 2.75) is 18.9 Å². The van der Waals surface area contributed by atoms with Gasteiger partial charge in [0.15, 0.2) is 5.69 Å². The standard InChI is InChI=1S/C14H16N4O2/c19-10-12-7-4-8-17(12)14(20)13-9-18(16-15-13)11-5-2-1-3-6-11/h1-3,5-6,9,12,19H,4,7-8,10H2. The molecule has 3 rings (SSSR count). The third-order valence-corrected chi connectivity index (χ3v) is 3.58. The summed E-state index contributed by atoms with van der Waals surface area (Å²) in [4.78, 5) is 14.0. The summed E-state index contributed by atoms with van der Waals surface area (Å²) in [5.41, 5.74) is 1.17. The predicted molar refractivity (Wildman–Crippen MR) is 72.5 cm³/mol. The van der Waals surface area contributed by atoms with E-state index in [9.17, 15) is 9.90 Å². The van der Waals surface area contributed by atoms with Crippen LogP contribution in [0.2, 0.25) is 0 Å². The van der Waals surface area contributed by atoms with Gasteiger partial charge in [-0.05, 0) is 25.0 Å². The molecule has 6 heteroatoms. The summed E-state index contributed by atoms with van der Waals surface area (Å²) in [5, 5.41) is 17.2. The van der Waals surface area contributed by atoms with Crippen LogP contribution >= 0.6 is 0 Å². The van der Waals surface area contributed by atoms with E-state index in [0.29, 0.717) is 12.2 Å². The summed E-state index contributed by atoms with van der Waals surface area (Å²) >= 11 is 0. The fourth-order valence-corrected chi connectivity index (χ4v) is 2.51. The number of nitrogens with zero attached hydrogens (tertiary/aromatic N) is 4. The highest BCUT2D eigenvalue weighted by molar-refractivity contribution is 5.92. The lowest BCUT2D eigenvalue weighted by atomic mass is 10.2. The van der Waals surface area contributed by atoms with Crippen LogP contribution in [0.25, 0.3) is 5.69 Å². The average molecular weight is 272 g/mol. The average Bonchev–Trinajstić information content (AvgIpc) is 3.16. The zero-order chi connectivity index (χ0) is 13.9. The second-order valence-electron chi connectivity index (χ2n) is 4.86. The van der Waals surface area contributed by atoms with Crippen LogP contribution in [0.3, 0.4) is 0 Å². The fraction of sp³-hybridized carbons (Fsp3) is 0.357. The first kappa shape index (κ1) is 12.8. The van der Waals surface area contributed by atoms with Gasteiger partial charge in [0.1, 0.15) is 0 Å². The smallest absolute Gasteiger partial charge is 0.276 e. The van der Waals surface area contributed by atoms with E-state index in [1.54, 1.807) is 15.8 Å². The minimum absolute atomic E-state index is 0.00143. The normalized spacial score (nSPS) is 18.4. The Labute approximate surface area is 116 Å². The lowest BCUT2D eigenvalue weighted by molar-refractivity contribution is 0.0671. The number of amides is 1. The molecule has 2 heterocycles. The lowest BCUT2D eigenvalue weighted by Gasteiger charge is -2.21. The molecule has 1 aliphatic rings. The van der Waals surface area contributed by atoms with Gasteiger partial charge in [-0.15, -0.1) is 5.10 Å². The van der Waals surface area contributed by atoms with Crippen molar-refractivity contribution >= 4 is 5.91 Å². The zero-order valence-corrected chi connectivity index (χ0v) is 11.0. The molecular formula is C14H16N4O2. The minimum Gasteiger partial charge on any atom is -0.394 e. The molecule has 1 aromatic heterocycles. The molecule has 0 radical (unpaired) electrons. The Kier molecular flexibility index (Phi) is 3.47. The van der Waals surface area contributed by atoms with Crippen molar-refractivity contribution in [1.29, 1.82) is 0 Å². The van der Waals surface area contributed by atoms with Gasteiger partial charge in [0, 0.05) is 6.54 Å². The monoisotopic (exact) mass is 272 g/mol. The largest absolute Gasteiger partial charge is 0.394 e. The first-order chi connectivity index (χ1) is 9.79. The van der Waals surface area contributed by atoms with E-state index in [4.69, 9.17) is 0 Å². The van der Waals surface area contributed by atoms with Crippen LogP contribution < -0.4 is 0 Å². The molecule has 1 amide bonds. The number of hydrogen-bond donors (Lipinski definition) is 1. The van der Waals surface area contributed by atoms with E-state index in [2.05, 4.69) is 10.3 Å². The van der Waals surface area contributed by atoms with E-state index < -0.39 is 0 Å². The van der Waals surface area contributed by atoms with Gasteiger partial charge in [0.25, 0.3) is 5.91 Å². The summed E-state index contributed by atoms with van der Waals surface area (Å²) in [7, 11) is 0. The highest BCUT2D eigenvalue weighted by atomic mass is 16.3. The van der Waals surface area contributed by atoms with Gasteiger partial charge in [-0.25, -0.2) is 4.68 Å². The Morgan fingerprint density at radius 1 is 1.35 bits per heavy atom. The maximum Gasteiger partial charge on any atom is 0.276 e. The number of hydrogen-bond acceptors (Lipinski definition) is 4. The second kappa shape index (κ2) is 5.42. The quantitative estimate of drug-likeness (QED) is 0.899. The van der Waals surface area contributed by atoms with Crippen molar-refractivity contribution in [2.24, 2.45) is 0 Å². The number of para-hydroxylation sites is 1. The van der Waals surface area contributed by atoms with Crippen molar-refractivity contribution in [3.05, 3.63) is 42.2 Å². The maximum atomic E-state index is 12.4. The number of benzene rings is 1. The molecule has 0 spiro atoms.